The predicted molar refractivity (Wildman–Crippen MR) is 69.0 cm³/mol. The second-order valence-corrected chi connectivity index (χ2v) is 5.45. The van der Waals surface area contributed by atoms with Crippen LogP contribution in [0.25, 0.3) is 0 Å². The fraction of sp³-hybridized carbons (Fsp3) is 0.769. The van der Waals surface area contributed by atoms with Crippen LogP contribution < -0.4 is 0 Å². The number of hydrogen-bond donors (Lipinski definition) is 1. The maximum Gasteiger partial charge on any atom is 0.326 e. The van der Waals surface area contributed by atoms with Crippen molar-refractivity contribution in [3.05, 3.63) is 11.6 Å². The summed E-state index contributed by atoms with van der Waals surface area (Å²) in [5, 5.41) is 17.7. The van der Waals surface area contributed by atoms with E-state index in [-0.39, 0.29) is 0 Å². The number of aromatic nitrogens is 3. The van der Waals surface area contributed by atoms with Gasteiger partial charge in [0.2, 0.25) is 0 Å². The number of likely N-dealkylation sites (tertiary alicyclic amines) is 1. The quantitative estimate of drug-likeness (QED) is 0.874. The summed E-state index contributed by atoms with van der Waals surface area (Å²) < 4.78 is 1.86. The van der Waals surface area contributed by atoms with Gasteiger partial charge in [0.05, 0.1) is 0 Å². The summed E-state index contributed by atoms with van der Waals surface area (Å²) in [6.45, 7) is 3.27. The molecule has 1 unspecified atom stereocenters. The van der Waals surface area contributed by atoms with Crippen LogP contribution in [0.2, 0.25) is 0 Å². The minimum atomic E-state index is -0.761. The van der Waals surface area contributed by atoms with Crippen molar-refractivity contribution in [3.63, 3.8) is 0 Å². The highest BCUT2D eigenvalue weighted by Crippen LogP contribution is 2.25. The number of carboxylic acid groups (broad SMARTS) is 1. The Kier molecular flexibility index (Phi) is 3.50. The molecule has 0 aromatic carbocycles. The Hall–Kier alpha value is -1.43. The number of rotatable bonds is 4. The lowest BCUT2D eigenvalue weighted by Crippen LogP contribution is -2.28. The number of aryl methyl sites for hydroxylation is 1. The molecule has 1 N–H and O–H groups in total. The monoisotopic (exact) mass is 264 g/mol. The third kappa shape index (κ3) is 2.49. The number of nitrogens with zero attached hydrogens (tertiary/aromatic N) is 4. The van der Waals surface area contributed by atoms with Crippen molar-refractivity contribution in [1.82, 2.24) is 19.7 Å². The number of carbonyl (C=O) groups is 1. The molecule has 0 aliphatic carbocycles. The zero-order chi connectivity index (χ0) is 13.2. The van der Waals surface area contributed by atoms with Crippen LogP contribution in [0.1, 0.15) is 43.4 Å². The first-order chi connectivity index (χ1) is 9.25. The molecular weight excluding hydrogens is 244 g/mol. The molecule has 0 radical (unpaired) electrons. The van der Waals surface area contributed by atoms with E-state index in [1.807, 2.05) is 4.57 Å². The average molecular weight is 264 g/mol. The van der Waals surface area contributed by atoms with E-state index < -0.39 is 12.0 Å². The standard InChI is InChI=1S/C13H20N4O2/c18-13(19)10-4-3-5-11-14-15-12(17(10)11)6-9-16-7-1-2-8-16/h10H,1-9H2,(H,18,19). The fourth-order valence-electron chi connectivity index (χ4n) is 3.14. The van der Waals surface area contributed by atoms with Crippen molar-refractivity contribution in [1.29, 1.82) is 0 Å². The van der Waals surface area contributed by atoms with Crippen molar-refractivity contribution >= 4 is 5.97 Å². The Labute approximate surface area is 112 Å². The van der Waals surface area contributed by atoms with E-state index in [1.54, 1.807) is 0 Å². The SMILES string of the molecule is O=C(O)C1CCCc2nnc(CCN3CCCC3)n21. The Morgan fingerprint density at radius 3 is 2.79 bits per heavy atom. The molecule has 1 atom stereocenters. The summed E-state index contributed by atoms with van der Waals surface area (Å²) in [4.78, 5) is 13.8. The van der Waals surface area contributed by atoms with Crippen LogP contribution >= 0.6 is 0 Å². The Morgan fingerprint density at radius 2 is 2.05 bits per heavy atom. The molecule has 1 fully saturated rings. The first kappa shape index (κ1) is 12.6. The van der Waals surface area contributed by atoms with Crippen molar-refractivity contribution in [2.75, 3.05) is 19.6 Å². The molecule has 0 saturated carbocycles. The Morgan fingerprint density at radius 1 is 1.26 bits per heavy atom. The predicted octanol–water partition coefficient (Wildman–Crippen LogP) is 0.878. The van der Waals surface area contributed by atoms with Crippen LogP contribution in [0.15, 0.2) is 0 Å². The van der Waals surface area contributed by atoms with Crippen LogP contribution in [0.5, 0.6) is 0 Å². The largest absolute Gasteiger partial charge is 0.480 e. The molecule has 2 aliphatic rings. The first-order valence-corrected chi connectivity index (χ1v) is 7.13. The van der Waals surface area contributed by atoms with E-state index >= 15 is 0 Å². The number of fused-ring (bicyclic) bond motifs is 1. The highest BCUT2D eigenvalue weighted by molar-refractivity contribution is 5.72. The summed E-state index contributed by atoms with van der Waals surface area (Å²) >= 11 is 0. The molecule has 2 aliphatic heterocycles. The van der Waals surface area contributed by atoms with Crippen LogP contribution in [-0.2, 0) is 17.6 Å². The third-order valence-electron chi connectivity index (χ3n) is 4.16. The molecule has 104 valence electrons. The maximum absolute atomic E-state index is 11.3. The van der Waals surface area contributed by atoms with Gasteiger partial charge in [0.25, 0.3) is 0 Å². The van der Waals surface area contributed by atoms with Gasteiger partial charge in [0.15, 0.2) is 0 Å². The second-order valence-electron chi connectivity index (χ2n) is 5.45. The van der Waals surface area contributed by atoms with E-state index in [9.17, 15) is 9.90 Å². The lowest BCUT2D eigenvalue weighted by atomic mass is 10.0. The normalized spacial score (nSPS) is 23.5. The third-order valence-corrected chi connectivity index (χ3v) is 4.16. The highest BCUT2D eigenvalue weighted by atomic mass is 16.4. The number of hydrogen-bond acceptors (Lipinski definition) is 4. The van der Waals surface area contributed by atoms with Gasteiger partial charge in [0, 0.05) is 19.4 Å². The van der Waals surface area contributed by atoms with Gasteiger partial charge >= 0.3 is 5.97 Å². The van der Waals surface area contributed by atoms with Gasteiger partial charge in [-0.2, -0.15) is 0 Å². The number of aliphatic carboxylic acids is 1. The molecule has 3 heterocycles. The molecule has 0 bridgehead atoms. The van der Waals surface area contributed by atoms with Gasteiger partial charge in [-0.05, 0) is 38.8 Å². The molecule has 19 heavy (non-hydrogen) atoms. The van der Waals surface area contributed by atoms with Crippen LogP contribution in [0, 0.1) is 0 Å². The molecule has 1 saturated heterocycles. The summed E-state index contributed by atoms with van der Waals surface area (Å²) in [5.41, 5.74) is 0. The van der Waals surface area contributed by atoms with E-state index in [1.165, 1.54) is 12.8 Å². The molecule has 1 aromatic heterocycles. The van der Waals surface area contributed by atoms with Gasteiger partial charge in [0.1, 0.15) is 17.7 Å². The molecule has 0 amide bonds. The minimum absolute atomic E-state index is 0.465. The first-order valence-electron chi connectivity index (χ1n) is 7.13. The minimum Gasteiger partial charge on any atom is -0.480 e. The molecule has 3 rings (SSSR count). The summed E-state index contributed by atoms with van der Waals surface area (Å²) in [6.07, 6.45) is 5.78. The summed E-state index contributed by atoms with van der Waals surface area (Å²) in [7, 11) is 0. The van der Waals surface area contributed by atoms with Crippen molar-refractivity contribution in [2.24, 2.45) is 0 Å². The van der Waals surface area contributed by atoms with Crippen molar-refractivity contribution < 1.29 is 9.90 Å². The van der Waals surface area contributed by atoms with E-state index in [4.69, 9.17) is 0 Å². The molecule has 0 spiro atoms. The van der Waals surface area contributed by atoms with Gasteiger partial charge in [-0.3, -0.25) is 0 Å². The Balaban J connectivity index is 1.74. The molecule has 1 aromatic rings. The summed E-state index contributed by atoms with van der Waals surface area (Å²) in [5.74, 6) is 0.923. The summed E-state index contributed by atoms with van der Waals surface area (Å²) in [6, 6.07) is -0.465. The van der Waals surface area contributed by atoms with Crippen LogP contribution in [-0.4, -0.2) is 50.4 Å². The molecule has 6 nitrogen and oxygen atoms in total. The van der Waals surface area contributed by atoms with Crippen molar-refractivity contribution in [3.8, 4) is 0 Å². The van der Waals surface area contributed by atoms with E-state index in [0.29, 0.717) is 6.42 Å². The zero-order valence-electron chi connectivity index (χ0n) is 11.1. The lowest BCUT2D eigenvalue weighted by molar-refractivity contribution is -0.141. The van der Waals surface area contributed by atoms with Gasteiger partial charge in [-0.1, -0.05) is 0 Å². The van der Waals surface area contributed by atoms with Crippen LogP contribution in [0.3, 0.4) is 0 Å². The topological polar surface area (TPSA) is 71.2 Å². The van der Waals surface area contributed by atoms with Crippen LogP contribution in [0.4, 0.5) is 0 Å². The lowest BCUT2D eigenvalue weighted by Gasteiger charge is -2.23. The average Bonchev–Trinajstić information content (AvgIpc) is 3.05. The second kappa shape index (κ2) is 5.28. The molecule has 6 heteroatoms. The van der Waals surface area contributed by atoms with Gasteiger partial charge < -0.3 is 14.6 Å². The number of carboxylic acids is 1. The van der Waals surface area contributed by atoms with Gasteiger partial charge in [-0.25, -0.2) is 4.79 Å². The van der Waals surface area contributed by atoms with Crippen molar-refractivity contribution in [2.45, 2.75) is 44.6 Å². The van der Waals surface area contributed by atoms with Gasteiger partial charge in [-0.15, -0.1) is 10.2 Å². The fourth-order valence-corrected chi connectivity index (χ4v) is 3.14. The highest BCUT2D eigenvalue weighted by Gasteiger charge is 2.29. The zero-order valence-corrected chi connectivity index (χ0v) is 11.1. The maximum atomic E-state index is 11.3. The van der Waals surface area contributed by atoms with E-state index in [2.05, 4.69) is 15.1 Å². The van der Waals surface area contributed by atoms with E-state index in [0.717, 1.165) is 50.5 Å². The molecular formula is C13H20N4O2. The smallest absolute Gasteiger partial charge is 0.326 e. The Bertz CT molecular complexity index is 465.